The number of aliphatic hydroxyl groups is 1. The van der Waals surface area contributed by atoms with Crippen LogP contribution in [-0.2, 0) is 6.54 Å². The minimum Gasteiger partial charge on any atom is -0.394 e. The molecule has 18 heavy (non-hydrogen) atoms. The normalized spacial score (nSPS) is 10.9. The van der Waals surface area contributed by atoms with Gasteiger partial charge in [-0.25, -0.2) is 9.97 Å². The van der Waals surface area contributed by atoms with Crippen molar-refractivity contribution in [1.29, 1.82) is 0 Å². The summed E-state index contributed by atoms with van der Waals surface area (Å²) in [5.41, 5.74) is 1.78. The Morgan fingerprint density at radius 1 is 1.39 bits per heavy atom. The molecule has 3 aromatic rings. The molecule has 0 spiro atoms. The molecule has 0 atom stereocenters. The van der Waals surface area contributed by atoms with Crippen molar-refractivity contribution in [2.24, 2.45) is 0 Å². The lowest BCUT2D eigenvalue weighted by atomic mass is 10.4. The Bertz CT molecular complexity index is 662. The van der Waals surface area contributed by atoms with E-state index in [1.54, 1.807) is 22.2 Å². The lowest BCUT2D eigenvalue weighted by Crippen LogP contribution is -2.01. The number of nitrogens with one attached hydrogen (secondary N) is 1. The number of nitrogens with zero attached hydrogens (tertiary/aromatic N) is 4. The summed E-state index contributed by atoms with van der Waals surface area (Å²) in [6, 6.07) is 1.96. The summed E-state index contributed by atoms with van der Waals surface area (Å²) in [4.78, 5) is 8.41. The number of hydrogen-bond donors (Lipinski definition) is 2. The number of thiophene rings is 1. The van der Waals surface area contributed by atoms with Crippen LogP contribution in [0.25, 0.3) is 10.2 Å². The molecule has 0 bridgehead atoms. The second kappa shape index (κ2) is 4.71. The largest absolute Gasteiger partial charge is 0.394 e. The first-order chi connectivity index (χ1) is 8.86. The molecule has 0 aromatic carbocycles. The van der Waals surface area contributed by atoms with Gasteiger partial charge in [-0.2, -0.15) is 5.10 Å². The second-order valence-electron chi connectivity index (χ2n) is 3.70. The van der Waals surface area contributed by atoms with Gasteiger partial charge in [0.2, 0.25) is 0 Å². The van der Waals surface area contributed by atoms with Crippen LogP contribution < -0.4 is 5.32 Å². The first-order valence-corrected chi connectivity index (χ1v) is 6.33. The molecule has 6 nitrogen and oxygen atoms in total. The summed E-state index contributed by atoms with van der Waals surface area (Å²) in [7, 11) is 0. The van der Waals surface area contributed by atoms with Gasteiger partial charge in [0.1, 0.15) is 6.33 Å². The Labute approximate surface area is 107 Å². The zero-order valence-corrected chi connectivity index (χ0v) is 10.3. The van der Waals surface area contributed by atoms with Gasteiger partial charge >= 0.3 is 0 Å². The van der Waals surface area contributed by atoms with Crippen LogP contribution in [0, 0.1) is 0 Å². The van der Waals surface area contributed by atoms with Gasteiger partial charge in [-0.1, -0.05) is 0 Å². The predicted octanol–water partition coefficient (Wildman–Crippen LogP) is 1.62. The van der Waals surface area contributed by atoms with E-state index in [0.29, 0.717) is 6.54 Å². The first kappa shape index (κ1) is 11.1. The molecule has 7 heteroatoms. The predicted molar refractivity (Wildman–Crippen MR) is 70.0 cm³/mol. The summed E-state index contributed by atoms with van der Waals surface area (Å²) in [5, 5.41) is 18.1. The number of anilines is 2. The Hall–Kier alpha value is -1.99. The minimum atomic E-state index is 0.0732. The quantitative estimate of drug-likeness (QED) is 0.746. The smallest absolute Gasteiger partial charge is 0.151 e. The second-order valence-corrected chi connectivity index (χ2v) is 4.61. The van der Waals surface area contributed by atoms with Crippen LogP contribution in [0.1, 0.15) is 0 Å². The van der Waals surface area contributed by atoms with Crippen molar-refractivity contribution in [3.05, 3.63) is 30.2 Å². The summed E-state index contributed by atoms with van der Waals surface area (Å²) in [5.74, 6) is 0.776. The molecular weight excluding hydrogens is 250 g/mol. The fourth-order valence-electron chi connectivity index (χ4n) is 1.67. The van der Waals surface area contributed by atoms with Crippen LogP contribution in [0.4, 0.5) is 11.5 Å². The van der Waals surface area contributed by atoms with Crippen molar-refractivity contribution < 1.29 is 5.11 Å². The number of hydrogen-bond acceptors (Lipinski definition) is 6. The van der Waals surface area contributed by atoms with Gasteiger partial charge in [-0.05, 0) is 11.4 Å². The van der Waals surface area contributed by atoms with Crippen molar-refractivity contribution in [3.63, 3.8) is 0 Å². The van der Waals surface area contributed by atoms with Crippen molar-refractivity contribution >= 4 is 33.1 Å². The van der Waals surface area contributed by atoms with Gasteiger partial charge in [0, 0.05) is 6.20 Å². The van der Waals surface area contributed by atoms with Crippen LogP contribution in [0.15, 0.2) is 30.2 Å². The molecule has 0 aliphatic carbocycles. The molecule has 0 amide bonds. The molecule has 3 rings (SSSR count). The van der Waals surface area contributed by atoms with E-state index in [-0.39, 0.29) is 6.61 Å². The maximum Gasteiger partial charge on any atom is 0.151 e. The SMILES string of the molecule is OCCn1cc(Nc2ncnc3ccsc23)cn1. The third-order valence-electron chi connectivity index (χ3n) is 2.47. The minimum absolute atomic E-state index is 0.0732. The van der Waals surface area contributed by atoms with Crippen LogP contribution in [-0.4, -0.2) is 31.5 Å². The average Bonchev–Trinajstić information content (AvgIpc) is 2.99. The van der Waals surface area contributed by atoms with Crippen molar-refractivity contribution in [2.75, 3.05) is 11.9 Å². The van der Waals surface area contributed by atoms with E-state index in [0.717, 1.165) is 21.7 Å². The zero-order valence-electron chi connectivity index (χ0n) is 9.45. The maximum absolute atomic E-state index is 8.83. The Morgan fingerprint density at radius 3 is 3.22 bits per heavy atom. The van der Waals surface area contributed by atoms with Gasteiger partial charge in [0.25, 0.3) is 0 Å². The molecule has 0 aliphatic heterocycles. The molecular formula is C11H11N5OS. The third kappa shape index (κ3) is 2.05. The fourth-order valence-corrected chi connectivity index (χ4v) is 2.46. The Morgan fingerprint density at radius 2 is 2.33 bits per heavy atom. The maximum atomic E-state index is 8.83. The molecule has 2 N–H and O–H groups in total. The lowest BCUT2D eigenvalue weighted by molar-refractivity contribution is 0.269. The summed E-state index contributed by atoms with van der Waals surface area (Å²) < 4.78 is 2.70. The molecule has 0 fully saturated rings. The molecule has 0 unspecified atom stereocenters. The van der Waals surface area contributed by atoms with E-state index in [2.05, 4.69) is 20.4 Å². The third-order valence-corrected chi connectivity index (χ3v) is 3.38. The standard InChI is InChI=1S/C11H11N5OS/c17-3-2-16-6-8(5-14-16)15-11-10-9(1-4-18-10)12-7-13-11/h1,4-7,17H,2-3H2,(H,12,13,15). The molecule has 0 aliphatic rings. The average molecular weight is 261 g/mol. The highest BCUT2D eigenvalue weighted by atomic mass is 32.1. The summed E-state index contributed by atoms with van der Waals surface area (Å²) in [6.45, 7) is 0.559. The highest BCUT2D eigenvalue weighted by Crippen LogP contribution is 2.27. The van der Waals surface area contributed by atoms with Gasteiger partial charge in [0.05, 0.1) is 35.3 Å². The monoisotopic (exact) mass is 261 g/mol. The van der Waals surface area contributed by atoms with Crippen LogP contribution in [0.3, 0.4) is 0 Å². The summed E-state index contributed by atoms with van der Waals surface area (Å²) >= 11 is 1.60. The lowest BCUT2D eigenvalue weighted by Gasteiger charge is -2.02. The van der Waals surface area contributed by atoms with Crippen molar-refractivity contribution in [3.8, 4) is 0 Å². The molecule has 3 aromatic heterocycles. The molecule has 92 valence electrons. The van der Waals surface area contributed by atoms with E-state index in [1.807, 2.05) is 17.6 Å². The van der Waals surface area contributed by atoms with E-state index < -0.39 is 0 Å². The van der Waals surface area contributed by atoms with Gasteiger partial charge < -0.3 is 10.4 Å². The van der Waals surface area contributed by atoms with Gasteiger partial charge in [-0.3, -0.25) is 4.68 Å². The van der Waals surface area contributed by atoms with Gasteiger partial charge in [-0.15, -0.1) is 11.3 Å². The number of aromatic nitrogens is 4. The van der Waals surface area contributed by atoms with Crippen LogP contribution in [0.5, 0.6) is 0 Å². The fraction of sp³-hybridized carbons (Fsp3) is 0.182. The van der Waals surface area contributed by atoms with Crippen molar-refractivity contribution in [1.82, 2.24) is 19.7 Å². The van der Waals surface area contributed by atoms with Gasteiger partial charge in [0.15, 0.2) is 5.82 Å². The van der Waals surface area contributed by atoms with E-state index in [1.165, 1.54) is 6.33 Å². The van der Waals surface area contributed by atoms with E-state index in [9.17, 15) is 0 Å². The number of fused-ring (bicyclic) bond motifs is 1. The number of rotatable bonds is 4. The van der Waals surface area contributed by atoms with E-state index >= 15 is 0 Å². The van der Waals surface area contributed by atoms with Crippen molar-refractivity contribution in [2.45, 2.75) is 6.54 Å². The zero-order chi connectivity index (χ0) is 12.4. The Balaban J connectivity index is 1.88. The first-order valence-electron chi connectivity index (χ1n) is 5.45. The highest BCUT2D eigenvalue weighted by molar-refractivity contribution is 7.17. The van der Waals surface area contributed by atoms with E-state index in [4.69, 9.17) is 5.11 Å². The highest BCUT2D eigenvalue weighted by Gasteiger charge is 2.06. The molecule has 0 saturated heterocycles. The summed E-state index contributed by atoms with van der Waals surface area (Å²) in [6.07, 6.45) is 5.07. The molecule has 3 heterocycles. The topological polar surface area (TPSA) is 75.9 Å². The number of aliphatic hydroxyl groups excluding tert-OH is 1. The molecule has 0 radical (unpaired) electrons. The van der Waals surface area contributed by atoms with Crippen LogP contribution in [0.2, 0.25) is 0 Å². The van der Waals surface area contributed by atoms with Crippen LogP contribution >= 0.6 is 11.3 Å². The molecule has 0 saturated carbocycles. The Kier molecular flexibility index (Phi) is 2.91.